The number of thiazole rings is 1. The Morgan fingerprint density at radius 1 is 1.56 bits per heavy atom. The third-order valence-corrected chi connectivity index (χ3v) is 4.85. The first-order valence-corrected chi connectivity index (χ1v) is 7.91. The number of nitrogens with one attached hydrogen (secondary N) is 1. The molecule has 0 aromatic carbocycles. The fourth-order valence-electron chi connectivity index (χ4n) is 2.68. The quantitative estimate of drug-likeness (QED) is 0.862. The van der Waals surface area contributed by atoms with E-state index in [0.717, 1.165) is 24.5 Å². The summed E-state index contributed by atoms with van der Waals surface area (Å²) in [6.45, 7) is 5.04. The smallest absolute Gasteiger partial charge is 0.0795 e. The average Bonchev–Trinajstić information content (AvgIpc) is 2.91. The van der Waals surface area contributed by atoms with Crippen molar-refractivity contribution < 1.29 is 5.11 Å². The molecule has 2 rings (SSSR count). The molecular weight excluding hydrogens is 244 g/mol. The molecule has 1 saturated carbocycles. The van der Waals surface area contributed by atoms with Gasteiger partial charge in [-0.25, -0.2) is 4.98 Å². The molecule has 1 aromatic heterocycles. The summed E-state index contributed by atoms with van der Waals surface area (Å²) in [5.41, 5.74) is 2.43. The summed E-state index contributed by atoms with van der Waals surface area (Å²) in [6.07, 6.45) is 5.45. The zero-order valence-electron chi connectivity index (χ0n) is 11.4. The van der Waals surface area contributed by atoms with Crippen molar-refractivity contribution >= 4 is 11.3 Å². The van der Waals surface area contributed by atoms with Crippen molar-refractivity contribution in [2.24, 2.45) is 5.92 Å². The van der Waals surface area contributed by atoms with Crippen molar-refractivity contribution in [3.05, 3.63) is 16.6 Å². The second-order valence-corrected chi connectivity index (χ2v) is 6.31. The molecular formula is C14H24N2OS. The van der Waals surface area contributed by atoms with Crippen LogP contribution in [0.5, 0.6) is 0 Å². The van der Waals surface area contributed by atoms with E-state index in [1.165, 1.54) is 19.3 Å². The first-order valence-electron chi connectivity index (χ1n) is 6.97. The lowest BCUT2D eigenvalue weighted by atomic mass is 9.78. The van der Waals surface area contributed by atoms with E-state index in [4.69, 9.17) is 0 Å². The molecule has 0 bridgehead atoms. The zero-order valence-corrected chi connectivity index (χ0v) is 12.2. The van der Waals surface area contributed by atoms with Crippen LogP contribution in [-0.4, -0.2) is 22.2 Å². The van der Waals surface area contributed by atoms with E-state index in [2.05, 4.69) is 29.5 Å². The minimum atomic E-state index is -0.504. The maximum absolute atomic E-state index is 10.6. The molecule has 3 nitrogen and oxygen atoms in total. The predicted molar refractivity (Wildman–Crippen MR) is 75.7 cm³/mol. The van der Waals surface area contributed by atoms with Gasteiger partial charge in [-0.2, -0.15) is 0 Å². The van der Waals surface area contributed by atoms with Crippen LogP contribution in [0.3, 0.4) is 0 Å². The topological polar surface area (TPSA) is 45.1 Å². The van der Waals surface area contributed by atoms with Gasteiger partial charge in [0.25, 0.3) is 0 Å². The molecule has 0 amide bonds. The highest BCUT2D eigenvalue weighted by atomic mass is 32.1. The van der Waals surface area contributed by atoms with Gasteiger partial charge in [-0.1, -0.05) is 13.3 Å². The SMILES string of the molecule is CCC1CCC(O)(CNC(C)c2cscn2)CC1. The molecule has 1 aromatic rings. The predicted octanol–water partition coefficient (Wildman–Crippen LogP) is 3.13. The highest BCUT2D eigenvalue weighted by Gasteiger charge is 2.32. The number of aliphatic hydroxyl groups is 1. The number of nitrogens with zero attached hydrogens (tertiary/aromatic N) is 1. The molecule has 18 heavy (non-hydrogen) atoms. The maximum Gasteiger partial charge on any atom is 0.0795 e. The second kappa shape index (κ2) is 6.13. The summed E-state index contributed by atoms with van der Waals surface area (Å²) in [5.74, 6) is 0.821. The number of hydrogen-bond acceptors (Lipinski definition) is 4. The van der Waals surface area contributed by atoms with Crippen molar-refractivity contribution in [2.75, 3.05) is 6.54 Å². The van der Waals surface area contributed by atoms with Crippen LogP contribution in [0.1, 0.15) is 57.7 Å². The van der Waals surface area contributed by atoms with Gasteiger partial charge in [0.1, 0.15) is 0 Å². The van der Waals surface area contributed by atoms with Gasteiger partial charge < -0.3 is 10.4 Å². The van der Waals surface area contributed by atoms with Gasteiger partial charge in [0.2, 0.25) is 0 Å². The Morgan fingerprint density at radius 3 is 2.83 bits per heavy atom. The molecule has 4 heteroatoms. The van der Waals surface area contributed by atoms with E-state index in [9.17, 15) is 5.11 Å². The Morgan fingerprint density at radius 2 is 2.28 bits per heavy atom. The molecule has 102 valence electrons. The first kappa shape index (κ1) is 14.0. The lowest BCUT2D eigenvalue weighted by molar-refractivity contribution is -0.0104. The molecule has 0 spiro atoms. The summed E-state index contributed by atoms with van der Waals surface area (Å²) < 4.78 is 0. The fourth-order valence-corrected chi connectivity index (χ4v) is 3.33. The molecule has 0 saturated heterocycles. The van der Waals surface area contributed by atoms with E-state index in [0.29, 0.717) is 6.54 Å². The highest BCUT2D eigenvalue weighted by molar-refractivity contribution is 7.07. The molecule has 0 radical (unpaired) electrons. The molecule has 1 aliphatic carbocycles. The highest BCUT2D eigenvalue weighted by Crippen LogP contribution is 2.33. The number of rotatable bonds is 5. The number of hydrogen-bond donors (Lipinski definition) is 2. The summed E-state index contributed by atoms with van der Waals surface area (Å²) >= 11 is 1.62. The third-order valence-electron chi connectivity index (χ3n) is 4.25. The van der Waals surface area contributed by atoms with E-state index < -0.39 is 5.60 Å². The molecule has 1 heterocycles. The van der Waals surface area contributed by atoms with Crippen LogP contribution < -0.4 is 5.32 Å². The fraction of sp³-hybridized carbons (Fsp3) is 0.786. The Balaban J connectivity index is 1.79. The van der Waals surface area contributed by atoms with Crippen LogP contribution in [0.25, 0.3) is 0 Å². The van der Waals surface area contributed by atoms with Crippen molar-refractivity contribution in [3.8, 4) is 0 Å². The Hall–Kier alpha value is -0.450. The van der Waals surface area contributed by atoms with Crippen LogP contribution in [0.4, 0.5) is 0 Å². The zero-order chi connectivity index (χ0) is 13.0. The lowest BCUT2D eigenvalue weighted by Gasteiger charge is -2.36. The van der Waals surface area contributed by atoms with Gasteiger partial charge in [-0.3, -0.25) is 0 Å². The van der Waals surface area contributed by atoms with E-state index in [1.807, 2.05) is 5.51 Å². The van der Waals surface area contributed by atoms with Crippen molar-refractivity contribution in [1.82, 2.24) is 10.3 Å². The molecule has 1 unspecified atom stereocenters. The van der Waals surface area contributed by atoms with Crippen molar-refractivity contribution in [3.63, 3.8) is 0 Å². The van der Waals surface area contributed by atoms with Gasteiger partial charge in [0.05, 0.1) is 16.8 Å². The standard InChI is InChI=1S/C14H24N2OS/c1-3-12-4-6-14(17,7-5-12)9-15-11(2)13-8-18-10-16-13/h8,10-12,15,17H,3-7,9H2,1-2H3. The summed E-state index contributed by atoms with van der Waals surface area (Å²) in [5, 5.41) is 16.0. The molecule has 2 N–H and O–H groups in total. The van der Waals surface area contributed by atoms with Crippen LogP contribution in [-0.2, 0) is 0 Å². The molecule has 1 aliphatic rings. The lowest BCUT2D eigenvalue weighted by Crippen LogP contribution is -2.44. The Bertz CT molecular complexity index is 345. The number of aromatic nitrogens is 1. The summed E-state index contributed by atoms with van der Waals surface area (Å²) in [6, 6.07) is 0.226. The molecule has 1 atom stereocenters. The van der Waals surface area contributed by atoms with E-state index >= 15 is 0 Å². The minimum Gasteiger partial charge on any atom is -0.389 e. The minimum absolute atomic E-state index is 0.226. The third kappa shape index (κ3) is 3.53. The van der Waals surface area contributed by atoms with Gasteiger partial charge in [-0.15, -0.1) is 11.3 Å². The van der Waals surface area contributed by atoms with Crippen LogP contribution in [0, 0.1) is 5.92 Å². The van der Waals surface area contributed by atoms with Gasteiger partial charge in [0, 0.05) is 18.0 Å². The maximum atomic E-state index is 10.6. The molecule has 0 aliphatic heterocycles. The van der Waals surface area contributed by atoms with Gasteiger partial charge in [0.15, 0.2) is 0 Å². The van der Waals surface area contributed by atoms with E-state index in [-0.39, 0.29) is 6.04 Å². The Kier molecular flexibility index (Phi) is 4.76. The largest absolute Gasteiger partial charge is 0.389 e. The first-order chi connectivity index (χ1) is 8.63. The summed E-state index contributed by atoms with van der Waals surface area (Å²) in [4.78, 5) is 4.30. The van der Waals surface area contributed by atoms with Crippen LogP contribution in [0.15, 0.2) is 10.9 Å². The van der Waals surface area contributed by atoms with Crippen molar-refractivity contribution in [1.29, 1.82) is 0 Å². The van der Waals surface area contributed by atoms with Crippen LogP contribution in [0.2, 0.25) is 0 Å². The average molecular weight is 268 g/mol. The second-order valence-electron chi connectivity index (χ2n) is 5.59. The monoisotopic (exact) mass is 268 g/mol. The van der Waals surface area contributed by atoms with Crippen LogP contribution >= 0.6 is 11.3 Å². The Labute approximate surface area is 114 Å². The van der Waals surface area contributed by atoms with E-state index in [1.54, 1.807) is 11.3 Å². The van der Waals surface area contributed by atoms with Gasteiger partial charge in [-0.05, 0) is 38.5 Å². The van der Waals surface area contributed by atoms with Gasteiger partial charge >= 0.3 is 0 Å². The normalized spacial score (nSPS) is 30.3. The molecule has 1 fully saturated rings. The van der Waals surface area contributed by atoms with Crippen molar-refractivity contribution in [2.45, 2.75) is 57.6 Å². The summed E-state index contributed by atoms with van der Waals surface area (Å²) in [7, 11) is 0.